The number of nitrogens with zero attached hydrogens (tertiary/aromatic N) is 3. The highest BCUT2D eigenvalue weighted by Gasteiger charge is 2.13. The Balaban J connectivity index is 1.87. The summed E-state index contributed by atoms with van der Waals surface area (Å²) < 4.78 is 5.35. The third kappa shape index (κ3) is 5.85. The molecule has 1 aliphatic heterocycles. The predicted molar refractivity (Wildman–Crippen MR) is 85.9 cm³/mol. The molecule has 2 rings (SSSR count). The monoisotopic (exact) mass is 293 g/mol. The molecule has 0 aliphatic carbocycles. The van der Waals surface area contributed by atoms with Crippen molar-refractivity contribution in [1.82, 2.24) is 14.9 Å². The number of hydrogen-bond donors (Lipinski definition) is 2. The molecule has 0 bridgehead atoms. The van der Waals surface area contributed by atoms with Gasteiger partial charge in [-0.2, -0.15) is 4.98 Å². The Hall–Kier alpha value is -1.40. The average molecular weight is 293 g/mol. The molecule has 0 atom stereocenters. The number of nitrogens with one attached hydrogen (secondary N) is 2. The van der Waals surface area contributed by atoms with Crippen molar-refractivity contribution in [3.8, 4) is 0 Å². The lowest BCUT2D eigenvalue weighted by Gasteiger charge is -2.26. The number of ether oxygens (including phenoxy) is 1. The number of hydrogen-bond acceptors (Lipinski definition) is 6. The van der Waals surface area contributed by atoms with Crippen molar-refractivity contribution in [2.24, 2.45) is 0 Å². The van der Waals surface area contributed by atoms with Crippen molar-refractivity contribution in [2.75, 3.05) is 50.0 Å². The van der Waals surface area contributed by atoms with Crippen LogP contribution in [-0.4, -0.2) is 59.8 Å². The molecule has 2 N–H and O–H groups in total. The van der Waals surface area contributed by atoms with Gasteiger partial charge in [0, 0.05) is 43.5 Å². The minimum atomic E-state index is -0.0428. The number of aromatic nitrogens is 2. The van der Waals surface area contributed by atoms with Crippen LogP contribution < -0.4 is 10.6 Å². The van der Waals surface area contributed by atoms with Gasteiger partial charge in [-0.25, -0.2) is 4.98 Å². The first kappa shape index (κ1) is 16.0. The molecule has 1 aromatic rings. The van der Waals surface area contributed by atoms with Crippen molar-refractivity contribution in [1.29, 1.82) is 0 Å². The third-order valence-corrected chi connectivity index (χ3v) is 3.18. The first-order valence-electron chi connectivity index (χ1n) is 7.60. The van der Waals surface area contributed by atoms with Gasteiger partial charge in [-0.3, -0.25) is 4.90 Å². The summed E-state index contributed by atoms with van der Waals surface area (Å²) in [4.78, 5) is 11.4. The molecule has 0 unspecified atom stereocenters. The van der Waals surface area contributed by atoms with Crippen LogP contribution >= 0.6 is 0 Å². The maximum atomic E-state index is 5.35. The molecular weight excluding hydrogens is 266 g/mol. The van der Waals surface area contributed by atoms with Gasteiger partial charge in [-0.15, -0.1) is 0 Å². The summed E-state index contributed by atoms with van der Waals surface area (Å²) in [6, 6.07) is 1.98. The second-order valence-electron chi connectivity index (χ2n) is 6.47. The highest BCUT2D eigenvalue weighted by molar-refractivity contribution is 5.43. The third-order valence-electron chi connectivity index (χ3n) is 3.18. The fourth-order valence-corrected chi connectivity index (χ4v) is 2.22. The van der Waals surface area contributed by atoms with Crippen LogP contribution in [0.1, 0.15) is 26.5 Å². The van der Waals surface area contributed by atoms with Gasteiger partial charge < -0.3 is 15.4 Å². The molecule has 0 spiro atoms. The maximum Gasteiger partial charge on any atom is 0.225 e. The zero-order valence-corrected chi connectivity index (χ0v) is 13.6. The van der Waals surface area contributed by atoms with Crippen LogP contribution in [0.25, 0.3) is 0 Å². The molecule has 1 fully saturated rings. The van der Waals surface area contributed by atoms with Gasteiger partial charge in [-0.05, 0) is 27.7 Å². The number of rotatable bonds is 5. The van der Waals surface area contributed by atoms with Gasteiger partial charge in [0.2, 0.25) is 5.95 Å². The van der Waals surface area contributed by atoms with Crippen LogP contribution in [0.3, 0.4) is 0 Å². The van der Waals surface area contributed by atoms with Crippen LogP contribution in [0.15, 0.2) is 6.07 Å². The van der Waals surface area contributed by atoms with Gasteiger partial charge in [0.05, 0.1) is 13.2 Å². The second-order valence-corrected chi connectivity index (χ2v) is 6.47. The minimum Gasteiger partial charge on any atom is -0.379 e. The van der Waals surface area contributed by atoms with Gasteiger partial charge in [-0.1, -0.05) is 0 Å². The lowest BCUT2D eigenvalue weighted by Crippen LogP contribution is -2.39. The van der Waals surface area contributed by atoms with Gasteiger partial charge in [0.15, 0.2) is 0 Å². The Labute approximate surface area is 127 Å². The summed E-state index contributed by atoms with van der Waals surface area (Å²) in [6.45, 7) is 13.9. The van der Waals surface area contributed by atoms with Crippen LogP contribution in [0.2, 0.25) is 0 Å². The number of anilines is 2. The fraction of sp³-hybridized carbons (Fsp3) is 0.733. The van der Waals surface area contributed by atoms with E-state index < -0.39 is 0 Å². The Kier molecular flexibility index (Phi) is 5.36. The zero-order chi connectivity index (χ0) is 15.3. The van der Waals surface area contributed by atoms with E-state index in [1.54, 1.807) is 0 Å². The van der Waals surface area contributed by atoms with Crippen molar-refractivity contribution in [2.45, 2.75) is 33.2 Å². The van der Waals surface area contributed by atoms with E-state index in [-0.39, 0.29) is 5.54 Å². The Morgan fingerprint density at radius 3 is 2.62 bits per heavy atom. The van der Waals surface area contributed by atoms with Gasteiger partial charge in [0.25, 0.3) is 0 Å². The van der Waals surface area contributed by atoms with E-state index in [2.05, 4.69) is 46.3 Å². The molecule has 6 heteroatoms. The normalized spacial score (nSPS) is 16.8. The Morgan fingerprint density at radius 1 is 1.24 bits per heavy atom. The molecule has 0 aromatic carbocycles. The second kappa shape index (κ2) is 7.04. The first-order valence-corrected chi connectivity index (χ1v) is 7.60. The van der Waals surface area contributed by atoms with E-state index in [0.717, 1.165) is 50.9 Å². The molecule has 2 heterocycles. The standard InChI is InChI=1S/C15H27N5O/c1-12-11-13(18-14(17-12)19-15(2,3)4)16-5-6-20-7-9-21-10-8-20/h11H,5-10H2,1-4H3,(H2,16,17,18,19). The summed E-state index contributed by atoms with van der Waals surface area (Å²) in [5.41, 5.74) is 0.921. The van der Waals surface area contributed by atoms with Crippen LogP contribution in [0.4, 0.5) is 11.8 Å². The summed E-state index contributed by atoms with van der Waals surface area (Å²) in [6.07, 6.45) is 0. The first-order chi connectivity index (χ1) is 9.92. The maximum absolute atomic E-state index is 5.35. The van der Waals surface area contributed by atoms with E-state index >= 15 is 0 Å². The highest BCUT2D eigenvalue weighted by atomic mass is 16.5. The Morgan fingerprint density at radius 2 is 1.95 bits per heavy atom. The molecule has 1 aromatic heterocycles. The molecule has 1 saturated heterocycles. The topological polar surface area (TPSA) is 62.3 Å². The zero-order valence-electron chi connectivity index (χ0n) is 13.6. The number of aryl methyl sites for hydroxylation is 1. The summed E-state index contributed by atoms with van der Waals surface area (Å²) in [5.74, 6) is 1.55. The van der Waals surface area contributed by atoms with E-state index in [0.29, 0.717) is 5.95 Å². The van der Waals surface area contributed by atoms with Gasteiger partial charge >= 0.3 is 0 Å². The molecule has 0 amide bonds. The van der Waals surface area contributed by atoms with Crippen molar-refractivity contribution in [3.63, 3.8) is 0 Å². The van der Waals surface area contributed by atoms with Crippen LogP contribution in [0.5, 0.6) is 0 Å². The highest BCUT2D eigenvalue weighted by Crippen LogP contribution is 2.14. The molecule has 0 radical (unpaired) electrons. The molecular formula is C15H27N5O. The lowest BCUT2D eigenvalue weighted by atomic mass is 10.1. The lowest BCUT2D eigenvalue weighted by molar-refractivity contribution is 0.0398. The van der Waals surface area contributed by atoms with Crippen LogP contribution in [-0.2, 0) is 4.74 Å². The predicted octanol–water partition coefficient (Wildman–Crippen LogP) is 1.74. The quantitative estimate of drug-likeness (QED) is 0.862. The van der Waals surface area contributed by atoms with E-state index in [1.165, 1.54) is 0 Å². The molecule has 1 aliphatic rings. The van der Waals surface area contributed by atoms with E-state index in [4.69, 9.17) is 4.74 Å². The van der Waals surface area contributed by atoms with Crippen molar-refractivity contribution >= 4 is 11.8 Å². The van der Waals surface area contributed by atoms with E-state index in [1.807, 2.05) is 13.0 Å². The largest absolute Gasteiger partial charge is 0.379 e. The van der Waals surface area contributed by atoms with Crippen LogP contribution in [0, 0.1) is 6.92 Å². The summed E-state index contributed by atoms with van der Waals surface area (Å²) in [7, 11) is 0. The SMILES string of the molecule is Cc1cc(NCCN2CCOCC2)nc(NC(C)(C)C)n1. The van der Waals surface area contributed by atoms with E-state index in [9.17, 15) is 0 Å². The average Bonchev–Trinajstić information content (AvgIpc) is 2.37. The smallest absolute Gasteiger partial charge is 0.225 e. The molecule has 118 valence electrons. The summed E-state index contributed by atoms with van der Waals surface area (Å²) >= 11 is 0. The number of morpholine rings is 1. The van der Waals surface area contributed by atoms with Gasteiger partial charge in [0.1, 0.15) is 5.82 Å². The van der Waals surface area contributed by atoms with Crippen molar-refractivity contribution < 1.29 is 4.74 Å². The Bertz CT molecular complexity index is 452. The minimum absolute atomic E-state index is 0.0428. The summed E-state index contributed by atoms with van der Waals surface area (Å²) in [5, 5.41) is 6.70. The fourth-order valence-electron chi connectivity index (χ4n) is 2.22. The molecule has 6 nitrogen and oxygen atoms in total. The molecule has 0 saturated carbocycles. The molecule has 21 heavy (non-hydrogen) atoms. The van der Waals surface area contributed by atoms with Crippen molar-refractivity contribution in [3.05, 3.63) is 11.8 Å².